The van der Waals surface area contributed by atoms with Gasteiger partial charge >= 0.3 is 0 Å². The van der Waals surface area contributed by atoms with Crippen LogP contribution in [0.25, 0.3) is 11.3 Å². The zero-order valence-corrected chi connectivity index (χ0v) is 13.8. The SMILES string of the molecule is O=C(Nc1cnn(CC2CCC2)c1)c1cccc(-c2ccncc2)n1. The monoisotopic (exact) mass is 333 g/mol. The first-order chi connectivity index (χ1) is 12.3. The van der Waals surface area contributed by atoms with Crippen LogP contribution in [0.15, 0.2) is 55.1 Å². The fourth-order valence-electron chi connectivity index (χ4n) is 2.91. The van der Waals surface area contributed by atoms with Crippen LogP contribution >= 0.6 is 0 Å². The molecule has 0 radical (unpaired) electrons. The predicted octanol–water partition coefficient (Wildman–Crippen LogP) is 3.39. The largest absolute Gasteiger partial charge is 0.318 e. The third-order valence-corrected chi connectivity index (χ3v) is 4.52. The molecule has 0 aromatic carbocycles. The lowest BCUT2D eigenvalue weighted by Gasteiger charge is -2.24. The van der Waals surface area contributed by atoms with Gasteiger partial charge in [0.1, 0.15) is 5.69 Å². The molecule has 3 heterocycles. The van der Waals surface area contributed by atoms with Gasteiger partial charge in [-0.05, 0) is 43.0 Å². The molecule has 0 unspecified atom stereocenters. The smallest absolute Gasteiger partial charge is 0.274 e. The second-order valence-corrected chi connectivity index (χ2v) is 6.35. The highest BCUT2D eigenvalue weighted by atomic mass is 16.1. The minimum atomic E-state index is -0.237. The molecule has 3 aromatic heterocycles. The van der Waals surface area contributed by atoms with Gasteiger partial charge in [0, 0.05) is 30.7 Å². The highest BCUT2D eigenvalue weighted by Crippen LogP contribution is 2.27. The number of carbonyl (C=O) groups excluding carboxylic acids is 1. The molecule has 1 saturated carbocycles. The Bertz CT molecular complexity index is 870. The quantitative estimate of drug-likeness (QED) is 0.777. The van der Waals surface area contributed by atoms with E-state index in [1.807, 2.05) is 35.1 Å². The predicted molar refractivity (Wildman–Crippen MR) is 95.0 cm³/mol. The van der Waals surface area contributed by atoms with Gasteiger partial charge in [-0.3, -0.25) is 14.5 Å². The number of hydrogen-bond donors (Lipinski definition) is 1. The van der Waals surface area contributed by atoms with Gasteiger partial charge in [-0.15, -0.1) is 0 Å². The fraction of sp³-hybridized carbons (Fsp3) is 0.263. The lowest BCUT2D eigenvalue weighted by atomic mass is 9.85. The van der Waals surface area contributed by atoms with Crippen molar-refractivity contribution in [2.75, 3.05) is 5.32 Å². The van der Waals surface area contributed by atoms with E-state index < -0.39 is 0 Å². The molecule has 1 amide bonds. The highest BCUT2D eigenvalue weighted by Gasteiger charge is 2.18. The number of carbonyl (C=O) groups is 1. The first kappa shape index (κ1) is 15.5. The molecule has 1 aliphatic carbocycles. The minimum Gasteiger partial charge on any atom is -0.318 e. The van der Waals surface area contributed by atoms with E-state index in [0.29, 0.717) is 11.4 Å². The molecule has 0 saturated heterocycles. The average Bonchev–Trinajstić information content (AvgIpc) is 3.06. The van der Waals surface area contributed by atoms with Crippen LogP contribution in [0.2, 0.25) is 0 Å². The maximum atomic E-state index is 12.5. The van der Waals surface area contributed by atoms with Crippen molar-refractivity contribution in [3.8, 4) is 11.3 Å². The molecule has 3 aromatic rings. The summed E-state index contributed by atoms with van der Waals surface area (Å²) in [7, 11) is 0. The summed E-state index contributed by atoms with van der Waals surface area (Å²) in [5.74, 6) is 0.487. The number of nitrogens with zero attached hydrogens (tertiary/aromatic N) is 4. The third kappa shape index (κ3) is 3.57. The van der Waals surface area contributed by atoms with Crippen molar-refractivity contribution in [3.63, 3.8) is 0 Å². The Morgan fingerprint density at radius 2 is 2.04 bits per heavy atom. The summed E-state index contributed by atoms with van der Waals surface area (Å²) in [4.78, 5) is 20.9. The van der Waals surface area contributed by atoms with Crippen LogP contribution in [0.5, 0.6) is 0 Å². The summed E-state index contributed by atoms with van der Waals surface area (Å²) in [6.07, 6.45) is 10.8. The summed E-state index contributed by atoms with van der Waals surface area (Å²) in [5.41, 5.74) is 2.75. The van der Waals surface area contributed by atoms with Gasteiger partial charge < -0.3 is 5.32 Å². The van der Waals surface area contributed by atoms with Gasteiger partial charge in [-0.25, -0.2) is 4.98 Å². The van der Waals surface area contributed by atoms with Crippen molar-refractivity contribution in [2.24, 2.45) is 5.92 Å². The Balaban J connectivity index is 1.46. The van der Waals surface area contributed by atoms with Crippen molar-refractivity contribution in [1.29, 1.82) is 0 Å². The molecule has 25 heavy (non-hydrogen) atoms. The number of hydrogen-bond acceptors (Lipinski definition) is 4. The number of rotatable bonds is 5. The second kappa shape index (κ2) is 6.84. The maximum Gasteiger partial charge on any atom is 0.274 e. The molecule has 4 rings (SSSR count). The molecule has 6 heteroatoms. The lowest BCUT2D eigenvalue weighted by molar-refractivity contribution is 0.102. The molecule has 0 aliphatic heterocycles. The Kier molecular flexibility index (Phi) is 4.24. The van der Waals surface area contributed by atoms with E-state index in [2.05, 4.69) is 20.4 Å². The van der Waals surface area contributed by atoms with Crippen LogP contribution in [0.1, 0.15) is 29.8 Å². The van der Waals surface area contributed by atoms with E-state index in [0.717, 1.165) is 23.7 Å². The van der Waals surface area contributed by atoms with Crippen LogP contribution in [-0.4, -0.2) is 25.7 Å². The minimum absolute atomic E-state index is 0.237. The van der Waals surface area contributed by atoms with Crippen LogP contribution in [-0.2, 0) is 6.54 Å². The summed E-state index contributed by atoms with van der Waals surface area (Å²) in [6.45, 7) is 0.922. The lowest BCUT2D eigenvalue weighted by Crippen LogP contribution is -2.18. The highest BCUT2D eigenvalue weighted by molar-refractivity contribution is 6.03. The van der Waals surface area contributed by atoms with Gasteiger partial charge in [0.05, 0.1) is 17.6 Å². The van der Waals surface area contributed by atoms with Crippen LogP contribution in [0.3, 0.4) is 0 Å². The van der Waals surface area contributed by atoms with Crippen molar-refractivity contribution in [1.82, 2.24) is 19.7 Å². The van der Waals surface area contributed by atoms with E-state index >= 15 is 0 Å². The molecule has 0 atom stereocenters. The standard InChI is InChI=1S/C19H19N5O/c25-19(22-16-11-21-24(13-16)12-14-3-1-4-14)18-6-2-5-17(23-18)15-7-9-20-10-8-15/h2,5-11,13-14H,1,3-4,12H2,(H,22,25). The van der Waals surface area contributed by atoms with E-state index in [1.165, 1.54) is 19.3 Å². The van der Waals surface area contributed by atoms with Gasteiger partial charge in [0.25, 0.3) is 5.91 Å². The molecule has 1 aliphatic rings. The van der Waals surface area contributed by atoms with Crippen molar-refractivity contribution in [3.05, 3.63) is 60.8 Å². The van der Waals surface area contributed by atoms with Crippen molar-refractivity contribution >= 4 is 11.6 Å². The molecule has 1 fully saturated rings. The van der Waals surface area contributed by atoms with Gasteiger partial charge in [0.2, 0.25) is 0 Å². The van der Waals surface area contributed by atoms with Crippen LogP contribution in [0.4, 0.5) is 5.69 Å². The molecule has 6 nitrogen and oxygen atoms in total. The zero-order valence-electron chi connectivity index (χ0n) is 13.8. The molecule has 126 valence electrons. The number of aromatic nitrogens is 4. The zero-order chi connectivity index (χ0) is 17.1. The number of anilines is 1. The molecular weight excluding hydrogens is 314 g/mol. The van der Waals surface area contributed by atoms with Gasteiger partial charge in [-0.2, -0.15) is 5.10 Å². The molecule has 0 bridgehead atoms. The summed E-state index contributed by atoms with van der Waals surface area (Å²) >= 11 is 0. The average molecular weight is 333 g/mol. The van der Waals surface area contributed by atoms with E-state index in [-0.39, 0.29) is 5.91 Å². The third-order valence-electron chi connectivity index (χ3n) is 4.52. The van der Waals surface area contributed by atoms with E-state index in [9.17, 15) is 4.79 Å². The summed E-state index contributed by atoms with van der Waals surface area (Å²) < 4.78 is 1.90. The molecule has 1 N–H and O–H groups in total. The van der Waals surface area contributed by atoms with Crippen LogP contribution < -0.4 is 5.32 Å². The van der Waals surface area contributed by atoms with Crippen molar-refractivity contribution < 1.29 is 4.79 Å². The first-order valence-corrected chi connectivity index (χ1v) is 8.49. The number of amides is 1. The van der Waals surface area contributed by atoms with Crippen molar-refractivity contribution in [2.45, 2.75) is 25.8 Å². The topological polar surface area (TPSA) is 72.7 Å². The molecule has 0 spiro atoms. The Morgan fingerprint density at radius 3 is 2.80 bits per heavy atom. The maximum absolute atomic E-state index is 12.5. The number of pyridine rings is 2. The second-order valence-electron chi connectivity index (χ2n) is 6.35. The Morgan fingerprint density at radius 1 is 1.20 bits per heavy atom. The normalized spacial score (nSPS) is 14.1. The summed E-state index contributed by atoms with van der Waals surface area (Å²) in [6, 6.07) is 9.16. The van der Waals surface area contributed by atoms with Crippen LogP contribution in [0, 0.1) is 5.92 Å². The molecular formula is C19H19N5O. The Hall–Kier alpha value is -3.02. The first-order valence-electron chi connectivity index (χ1n) is 8.49. The fourth-order valence-corrected chi connectivity index (χ4v) is 2.91. The van der Waals surface area contributed by atoms with Gasteiger partial charge in [-0.1, -0.05) is 12.5 Å². The Labute approximate surface area is 145 Å². The van der Waals surface area contributed by atoms with E-state index in [1.54, 1.807) is 24.7 Å². The number of nitrogens with one attached hydrogen (secondary N) is 1. The van der Waals surface area contributed by atoms with E-state index in [4.69, 9.17) is 0 Å². The summed E-state index contributed by atoms with van der Waals surface area (Å²) in [5, 5.41) is 7.19. The van der Waals surface area contributed by atoms with Gasteiger partial charge in [0.15, 0.2) is 0 Å².